The molecule has 3 aromatic rings. The van der Waals surface area contributed by atoms with E-state index in [1.165, 1.54) is 10.6 Å². The molecule has 0 aliphatic carbocycles. The number of ether oxygens (including phenoxy) is 2. The Balaban J connectivity index is 1.56. The molecule has 0 spiro atoms. The molecule has 38 heavy (non-hydrogen) atoms. The summed E-state index contributed by atoms with van der Waals surface area (Å²) in [7, 11) is 0.322. The van der Waals surface area contributed by atoms with E-state index in [0.717, 1.165) is 21.3 Å². The van der Waals surface area contributed by atoms with Crippen molar-refractivity contribution in [1.82, 2.24) is 4.90 Å². The number of amides is 1. The van der Waals surface area contributed by atoms with Crippen molar-refractivity contribution in [3.63, 3.8) is 0 Å². The van der Waals surface area contributed by atoms with E-state index in [9.17, 15) is 13.2 Å². The van der Waals surface area contributed by atoms with Crippen LogP contribution in [-0.4, -0.2) is 65.2 Å². The maximum atomic E-state index is 13.2. The van der Waals surface area contributed by atoms with Gasteiger partial charge in [-0.25, -0.2) is 8.42 Å². The van der Waals surface area contributed by atoms with Crippen LogP contribution in [0.4, 0.5) is 17.1 Å². The first kappa shape index (κ1) is 26.2. The van der Waals surface area contributed by atoms with Gasteiger partial charge in [0.05, 0.1) is 23.3 Å². The van der Waals surface area contributed by atoms with Crippen LogP contribution in [0.5, 0.6) is 11.5 Å². The summed E-state index contributed by atoms with van der Waals surface area (Å²) < 4.78 is 38.2. The number of aliphatic imine (C=N–C) groups is 1. The van der Waals surface area contributed by atoms with E-state index in [4.69, 9.17) is 14.5 Å². The van der Waals surface area contributed by atoms with Gasteiger partial charge in [-0.2, -0.15) is 0 Å². The van der Waals surface area contributed by atoms with Crippen molar-refractivity contribution < 1.29 is 22.7 Å². The summed E-state index contributed by atoms with van der Waals surface area (Å²) >= 11 is 3.46. The van der Waals surface area contributed by atoms with E-state index in [2.05, 4.69) is 21.2 Å². The van der Waals surface area contributed by atoms with Crippen molar-refractivity contribution in [2.45, 2.75) is 5.92 Å². The van der Waals surface area contributed by atoms with Gasteiger partial charge in [0.25, 0.3) is 0 Å². The van der Waals surface area contributed by atoms with Gasteiger partial charge in [-0.3, -0.25) is 14.1 Å². The van der Waals surface area contributed by atoms with Gasteiger partial charge in [0.1, 0.15) is 5.92 Å². The number of sulfonamides is 1. The fourth-order valence-corrected chi connectivity index (χ4v) is 5.75. The van der Waals surface area contributed by atoms with Crippen LogP contribution in [0.25, 0.3) is 0 Å². The topological polar surface area (TPSA) is 101 Å². The number of carbonyl (C=O) groups excluding carboxylic acids is 1. The van der Waals surface area contributed by atoms with Crippen molar-refractivity contribution in [3.8, 4) is 11.5 Å². The lowest BCUT2D eigenvalue weighted by Gasteiger charge is -2.24. The van der Waals surface area contributed by atoms with Gasteiger partial charge >= 0.3 is 0 Å². The number of rotatable bonds is 8. The molecule has 1 unspecified atom stereocenters. The van der Waals surface area contributed by atoms with Gasteiger partial charge in [-0.1, -0.05) is 22.0 Å². The predicted molar refractivity (Wildman–Crippen MR) is 151 cm³/mol. The molecule has 0 aromatic heterocycles. The smallest absolute Gasteiger partial charge is 0.238 e. The first-order valence-corrected chi connectivity index (χ1v) is 14.6. The van der Waals surface area contributed by atoms with Crippen molar-refractivity contribution >= 4 is 54.6 Å². The minimum absolute atomic E-state index is 0.137. The van der Waals surface area contributed by atoms with Crippen LogP contribution in [0.15, 0.2) is 70.1 Å². The monoisotopic (exact) mass is 598 g/mol. The number of nitrogens with one attached hydrogen (secondary N) is 1. The Bertz CT molecular complexity index is 1520. The first-order valence-electron chi connectivity index (χ1n) is 11.9. The summed E-state index contributed by atoms with van der Waals surface area (Å²) in [5.74, 6) is 0.393. The Labute approximate surface area is 230 Å². The van der Waals surface area contributed by atoms with E-state index in [0.29, 0.717) is 41.7 Å². The summed E-state index contributed by atoms with van der Waals surface area (Å²) in [5, 5.41) is 2.96. The number of benzene rings is 3. The first-order chi connectivity index (χ1) is 18.1. The molecule has 2 heterocycles. The fraction of sp³-hybridized carbons (Fsp3) is 0.259. The van der Waals surface area contributed by atoms with E-state index in [1.54, 1.807) is 30.3 Å². The number of anilines is 2. The van der Waals surface area contributed by atoms with Gasteiger partial charge in [0, 0.05) is 28.8 Å². The highest BCUT2D eigenvalue weighted by Gasteiger charge is 2.36. The molecule has 0 saturated heterocycles. The number of halogens is 1. The quantitative estimate of drug-likeness (QED) is 0.387. The normalized spacial score (nSPS) is 16.5. The standard InChI is InChI=1S/C27H27BrN4O5S/c1-31(2)12-13-32(38(3,34)35)20-8-6-19(7-9-20)29-26(17-4-11-23-24(14-17)37-16-36-23)25-21-10-5-18(28)15-22(21)30-27(25)33/h4-11,14-15,25H,12-13,16H2,1-3H3,(H,30,33). The minimum atomic E-state index is -3.47. The second-order valence-corrected chi connectivity index (χ2v) is 12.2. The number of hydrogen-bond donors (Lipinski definition) is 1. The Kier molecular flexibility index (Phi) is 7.17. The van der Waals surface area contributed by atoms with E-state index in [-0.39, 0.29) is 12.7 Å². The van der Waals surface area contributed by atoms with Gasteiger partial charge in [-0.05, 0) is 74.3 Å². The third-order valence-electron chi connectivity index (χ3n) is 6.33. The van der Waals surface area contributed by atoms with Crippen molar-refractivity contribution in [2.24, 2.45) is 4.99 Å². The lowest BCUT2D eigenvalue weighted by Crippen LogP contribution is -2.35. The summed E-state index contributed by atoms with van der Waals surface area (Å²) in [4.78, 5) is 20.1. The number of fused-ring (bicyclic) bond motifs is 2. The molecule has 3 aromatic carbocycles. The minimum Gasteiger partial charge on any atom is -0.454 e. The second kappa shape index (κ2) is 10.4. The average molecular weight is 600 g/mol. The molecule has 0 bridgehead atoms. The molecule has 2 aliphatic rings. The van der Waals surface area contributed by atoms with Gasteiger partial charge in [-0.15, -0.1) is 0 Å². The molecule has 1 N–H and O–H groups in total. The highest BCUT2D eigenvalue weighted by Crippen LogP contribution is 2.40. The number of hydrogen-bond acceptors (Lipinski definition) is 7. The van der Waals surface area contributed by atoms with Crippen LogP contribution in [-0.2, 0) is 14.8 Å². The van der Waals surface area contributed by atoms with Crippen LogP contribution in [0.2, 0.25) is 0 Å². The molecule has 2 aliphatic heterocycles. The highest BCUT2D eigenvalue weighted by molar-refractivity contribution is 9.10. The van der Waals surface area contributed by atoms with Gasteiger partial charge in [0.2, 0.25) is 22.7 Å². The van der Waals surface area contributed by atoms with Crippen molar-refractivity contribution in [3.05, 3.63) is 76.3 Å². The summed E-state index contributed by atoms with van der Waals surface area (Å²) in [6, 6.07) is 18.1. The summed E-state index contributed by atoms with van der Waals surface area (Å²) in [5.41, 5.74) is 3.94. The Morgan fingerprint density at radius 3 is 2.47 bits per heavy atom. The average Bonchev–Trinajstić information content (AvgIpc) is 3.45. The molecule has 1 amide bonds. The molecule has 1 atom stereocenters. The molecule has 0 radical (unpaired) electrons. The van der Waals surface area contributed by atoms with Crippen LogP contribution in [0.1, 0.15) is 17.0 Å². The SMILES string of the molecule is CN(C)CCN(c1ccc(N=C(c2ccc3c(c2)OCO3)C2C(=O)Nc3cc(Br)ccc32)cc1)S(C)(=O)=O. The zero-order valence-electron chi connectivity index (χ0n) is 21.1. The molecule has 5 rings (SSSR count). The molecule has 198 valence electrons. The predicted octanol–water partition coefficient (Wildman–Crippen LogP) is 4.36. The third-order valence-corrected chi connectivity index (χ3v) is 8.01. The Morgan fingerprint density at radius 2 is 1.76 bits per heavy atom. The van der Waals surface area contributed by atoms with E-state index < -0.39 is 15.9 Å². The largest absolute Gasteiger partial charge is 0.454 e. The molecule has 0 saturated carbocycles. The summed E-state index contributed by atoms with van der Waals surface area (Å²) in [6.45, 7) is 1.04. The second-order valence-electron chi connectivity index (χ2n) is 9.37. The number of nitrogens with zero attached hydrogens (tertiary/aromatic N) is 3. The van der Waals surface area contributed by atoms with E-state index >= 15 is 0 Å². The lowest BCUT2D eigenvalue weighted by molar-refractivity contribution is -0.115. The molecule has 0 fully saturated rings. The third kappa shape index (κ3) is 5.40. The zero-order chi connectivity index (χ0) is 27.0. The summed E-state index contributed by atoms with van der Waals surface area (Å²) in [6.07, 6.45) is 1.20. The van der Waals surface area contributed by atoms with E-state index in [1.807, 2.05) is 49.3 Å². The molecular formula is C27H27BrN4O5S. The van der Waals surface area contributed by atoms with Crippen LogP contribution >= 0.6 is 15.9 Å². The Hall–Kier alpha value is -3.41. The fourth-order valence-electron chi connectivity index (χ4n) is 4.47. The number of carbonyl (C=O) groups is 1. The van der Waals surface area contributed by atoms with Gasteiger partial charge in [0.15, 0.2) is 11.5 Å². The maximum Gasteiger partial charge on any atom is 0.238 e. The van der Waals surface area contributed by atoms with Crippen LogP contribution in [0.3, 0.4) is 0 Å². The molecule has 11 heteroatoms. The zero-order valence-corrected chi connectivity index (χ0v) is 23.5. The van der Waals surface area contributed by atoms with Crippen LogP contribution in [0, 0.1) is 0 Å². The van der Waals surface area contributed by atoms with Crippen molar-refractivity contribution in [1.29, 1.82) is 0 Å². The van der Waals surface area contributed by atoms with Crippen molar-refractivity contribution in [2.75, 3.05) is 49.9 Å². The highest BCUT2D eigenvalue weighted by atomic mass is 79.9. The lowest BCUT2D eigenvalue weighted by atomic mass is 9.90. The van der Waals surface area contributed by atoms with Gasteiger partial charge < -0.3 is 19.7 Å². The van der Waals surface area contributed by atoms with Crippen LogP contribution < -0.4 is 19.1 Å². The molecule has 9 nitrogen and oxygen atoms in total. The maximum absolute atomic E-state index is 13.2. The Morgan fingerprint density at radius 1 is 1.03 bits per heavy atom. The molecular weight excluding hydrogens is 572 g/mol. The number of likely N-dealkylation sites (N-methyl/N-ethyl adjacent to an activating group) is 1.